The summed E-state index contributed by atoms with van der Waals surface area (Å²) in [6.07, 6.45) is 0. The number of hydrogen-bond donors (Lipinski definition) is 1. The summed E-state index contributed by atoms with van der Waals surface area (Å²) in [6.45, 7) is 2.21. The van der Waals surface area contributed by atoms with E-state index in [-0.39, 0.29) is 5.56 Å². The molecule has 18 heavy (non-hydrogen) atoms. The quantitative estimate of drug-likeness (QED) is 0.825. The standard InChI is InChI=1S/C13H15N3O2/c1-9-3-6-13(17)16(15-9)8-10-4-5-11(14)7-12(10)18-2/h3-7H,8,14H2,1-2H3. The predicted molar refractivity (Wildman–Crippen MR) is 69.7 cm³/mol. The zero-order chi connectivity index (χ0) is 13.1. The van der Waals surface area contributed by atoms with E-state index >= 15 is 0 Å². The number of nitrogen functional groups attached to an aromatic ring is 1. The number of aromatic nitrogens is 2. The van der Waals surface area contributed by atoms with Crippen LogP contribution >= 0.6 is 0 Å². The molecule has 2 aromatic rings. The maximum Gasteiger partial charge on any atom is 0.267 e. The van der Waals surface area contributed by atoms with E-state index in [1.54, 1.807) is 25.3 Å². The first-order valence-corrected chi connectivity index (χ1v) is 5.57. The van der Waals surface area contributed by atoms with Gasteiger partial charge in [-0.15, -0.1) is 0 Å². The average Bonchev–Trinajstić information content (AvgIpc) is 2.36. The number of methoxy groups -OCH3 is 1. The molecule has 1 aromatic heterocycles. The van der Waals surface area contributed by atoms with E-state index in [9.17, 15) is 4.79 Å². The molecule has 0 bridgehead atoms. The van der Waals surface area contributed by atoms with Gasteiger partial charge in [0.25, 0.3) is 5.56 Å². The van der Waals surface area contributed by atoms with Crippen LogP contribution in [0.1, 0.15) is 11.3 Å². The maximum atomic E-state index is 11.7. The second-order valence-electron chi connectivity index (χ2n) is 4.04. The number of anilines is 1. The van der Waals surface area contributed by atoms with Gasteiger partial charge in [0.05, 0.1) is 19.3 Å². The van der Waals surface area contributed by atoms with Crippen molar-refractivity contribution in [1.82, 2.24) is 9.78 Å². The normalized spacial score (nSPS) is 10.3. The highest BCUT2D eigenvalue weighted by Crippen LogP contribution is 2.21. The lowest BCUT2D eigenvalue weighted by molar-refractivity contribution is 0.407. The molecular weight excluding hydrogens is 230 g/mol. The fraction of sp³-hybridized carbons (Fsp3) is 0.231. The Hall–Kier alpha value is -2.30. The highest BCUT2D eigenvalue weighted by molar-refractivity contribution is 5.48. The number of ether oxygens (including phenoxy) is 1. The van der Waals surface area contributed by atoms with E-state index in [1.165, 1.54) is 10.7 Å². The van der Waals surface area contributed by atoms with Crippen LogP contribution in [-0.4, -0.2) is 16.9 Å². The Kier molecular flexibility index (Phi) is 3.32. The summed E-state index contributed by atoms with van der Waals surface area (Å²) in [5.74, 6) is 0.658. The van der Waals surface area contributed by atoms with Crippen molar-refractivity contribution in [1.29, 1.82) is 0 Å². The lowest BCUT2D eigenvalue weighted by Crippen LogP contribution is -2.23. The third-order valence-electron chi connectivity index (χ3n) is 2.63. The number of rotatable bonds is 3. The molecule has 0 fully saturated rings. The van der Waals surface area contributed by atoms with Gasteiger partial charge in [-0.3, -0.25) is 4.79 Å². The monoisotopic (exact) mass is 245 g/mol. The molecule has 1 aromatic carbocycles. The Balaban J connectivity index is 2.39. The summed E-state index contributed by atoms with van der Waals surface area (Å²) in [5.41, 5.74) is 7.83. The first-order chi connectivity index (χ1) is 8.60. The van der Waals surface area contributed by atoms with Crippen LogP contribution in [0.3, 0.4) is 0 Å². The lowest BCUT2D eigenvalue weighted by Gasteiger charge is -2.10. The van der Waals surface area contributed by atoms with Gasteiger partial charge in [0, 0.05) is 23.4 Å². The number of nitrogens with zero attached hydrogens (tertiary/aromatic N) is 2. The van der Waals surface area contributed by atoms with Gasteiger partial charge < -0.3 is 10.5 Å². The Morgan fingerprint density at radius 1 is 1.33 bits per heavy atom. The van der Waals surface area contributed by atoms with Crippen molar-refractivity contribution in [3.63, 3.8) is 0 Å². The van der Waals surface area contributed by atoms with Crippen molar-refractivity contribution in [2.24, 2.45) is 0 Å². The Morgan fingerprint density at radius 3 is 2.83 bits per heavy atom. The van der Waals surface area contributed by atoms with Gasteiger partial charge in [-0.25, -0.2) is 4.68 Å². The molecule has 0 aliphatic rings. The van der Waals surface area contributed by atoms with Gasteiger partial charge in [-0.2, -0.15) is 5.10 Å². The largest absolute Gasteiger partial charge is 0.496 e. The van der Waals surface area contributed by atoms with Gasteiger partial charge in [0.15, 0.2) is 0 Å². The van der Waals surface area contributed by atoms with E-state index < -0.39 is 0 Å². The van der Waals surface area contributed by atoms with Crippen LogP contribution in [0.15, 0.2) is 35.1 Å². The van der Waals surface area contributed by atoms with Crippen molar-refractivity contribution < 1.29 is 4.74 Å². The van der Waals surface area contributed by atoms with Crippen LogP contribution in [0.4, 0.5) is 5.69 Å². The minimum atomic E-state index is -0.139. The lowest BCUT2D eigenvalue weighted by atomic mass is 10.2. The minimum absolute atomic E-state index is 0.139. The van der Waals surface area contributed by atoms with Crippen LogP contribution in [0.25, 0.3) is 0 Å². The fourth-order valence-corrected chi connectivity index (χ4v) is 1.72. The summed E-state index contributed by atoms with van der Waals surface area (Å²) < 4.78 is 6.65. The Morgan fingerprint density at radius 2 is 2.11 bits per heavy atom. The summed E-state index contributed by atoms with van der Waals surface area (Å²) >= 11 is 0. The third kappa shape index (κ3) is 2.51. The van der Waals surface area contributed by atoms with Gasteiger partial charge in [-0.1, -0.05) is 6.07 Å². The van der Waals surface area contributed by atoms with Gasteiger partial charge in [0.2, 0.25) is 0 Å². The third-order valence-corrected chi connectivity index (χ3v) is 2.63. The van der Waals surface area contributed by atoms with Crippen LogP contribution in [0.5, 0.6) is 5.75 Å². The molecule has 1 heterocycles. The van der Waals surface area contributed by atoms with E-state index in [2.05, 4.69) is 5.10 Å². The second kappa shape index (κ2) is 4.91. The molecule has 2 N–H and O–H groups in total. The number of aryl methyl sites for hydroxylation is 1. The first kappa shape index (κ1) is 12.2. The maximum absolute atomic E-state index is 11.7. The molecule has 0 unspecified atom stereocenters. The van der Waals surface area contributed by atoms with E-state index in [0.29, 0.717) is 18.0 Å². The molecule has 0 saturated carbocycles. The number of hydrogen-bond acceptors (Lipinski definition) is 4. The summed E-state index contributed by atoms with van der Waals surface area (Å²) in [4.78, 5) is 11.7. The van der Waals surface area contributed by atoms with Gasteiger partial charge in [-0.05, 0) is 19.1 Å². The highest BCUT2D eigenvalue weighted by Gasteiger charge is 2.06. The molecule has 0 amide bonds. The molecule has 0 saturated heterocycles. The predicted octanol–water partition coefficient (Wildman–Crippen LogP) is 1.19. The average molecular weight is 245 g/mol. The molecule has 0 spiro atoms. The fourth-order valence-electron chi connectivity index (χ4n) is 1.72. The van der Waals surface area contributed by atoms with Crippen LogP contribution in [-0.2, 0) is 6.54 Å². The smallest absolute Gasteiger partial charge is 0.267 e. The van der Waals surface area contributed by atoms with Gasteiger partial charge >= 0.3 is 0 Å². The molecule has 0 atom stereocenters. The van der Waals surface area contributed by atoms with Crippen molar-refractivity contribution >= 4 is 5.69 Å². The molecule has 5 nitrogen and oxygen atoms in total. The van der Waals surface area contributed by atoms with Crippen molar-refractivity contribution in [3.8, 4) is 5.75 Å². The van der Waals surface area contributed by atoms with Crippen molar-refractivity contribution in [2.45, 2.75) is 13.5 Å². The highest BCUT2D eigenvalue weighted by atomic mass is 16.5. The zero-order valence-electron chi connectivity index (χ0n) is 10.4. The summed E-state index contributed by atoms with van der Waals surface area (Å²) in [5, 5.41) is 4.18. The van der Waals surface area contributed by atoms with E-state index in [1.807, 2.05) is 13.0 Å². The first-order valence-electron chi connectivity index (χ1n) is 5.57. The van der Waals surface area contributed by atoms with Crippen LogP contribution < -0.4 is 16.0 Å². The second-order valence-corrected chi connectivity index (χ2v) is 4.04. The number of benzene rings is 1. The molecular formula is C13H15N3O2. The minimum Gasteiger partial charge on any atom is -0.496 e. The molecule has 0 aliphatic heterocycles. The molecule has 5 heteroatoms. The summed E-state index contributed by atoms with van der Waals surface area (Å²) in [6, 6.07) is 8.55. The van der Waals surface area contributed by atoms with Crippen LogP contribution in [0, 0.1) is 6.92 Å². The molecule has 2 rings (SSSR count). The number of nitrogens with two attached hydrogens (primary N) is 1. The van der Waals surface area contributed by atoms with Crippen molar-refractivity contribution in [2.75, 3.05) is 12.8 Å². The topological polar surface area (TPSA) is 70.1 Å². The van der Waals surface area contributed by atoms with Crippen molar-refractivity contribution in [3.05, 3.63) is 51.9 Å². The zero-order valence-corrected chi connectivity index (χ0v) is 10.4. The van der Waals surface area contributed by atoms with Crippen LogP contribution in [0.2, 0.25) is 0 Å². The van der Waals surface area contributed by atoms with Gasteiger partial charge in [0.1, 0.15) is 5.75 Å². The Bertz CT molecular complexity index is 620. The SMILES string of the molecule is COc1cc(N)ccc1Cn1nc(C)ccc1=O. The Labute approximate surface area is 105 Å². The summed E-state index contributed by atoms with van der Waals surface area (Å²) in [7, 11) is 1.57. The molecule has 94 valence electrons. The molecule has 0 aliphatic carbocycles. The van der Waals surface area contributed by atoms with E-state index in [0.717, 1.165) is 11.3 Å². The molecule has 0 radical (unpaired) electrons. The van der Waals surface area contributed by atoms with E-state index in [4.69, 9.17) is 10.5 Å².